The molecule has 3 nitrogen and oxygen atoms in total. The zero-order valence-corrected chi connectivity index (χ0v) is 13.3. The van der Waals surface area contributed by atoms with Crippen LogP contribution in [0.4, 0.5) is 0 Å². The molecule has 2 rings (SSSR count). The Hall–Kier alpha value is -1.26. The van der Waals surface area contributed by atoms with Crippen LogP contribution in [0.15, 0.2) is 42.1 Å². The molecule has 1 aromatic heterocycles. The van der Waals surface area contributed by atoms with Crippen LogP contribution in [0.1, 0.15) is 31.2 Å². The SMILES string of the molecule is C=CCn1c(SCc2cccc(Cl)c2)nnc1C(C)C. The third kappa shape index (κ3) is 3.64. The average Bonchev–Trinajstić information content (AvgIpc) is 2.80. The van der Waals surface area contributed by atoms with Crippen molar-refractivity contribution in [2.75, 3.05) is 0 Å². The summed E-state index contributed by atoms with van der Waals surface area (Å²) in [6.07, 6.45) is 1.87. The van der Waals surface area contributed by atoms with Gasteiger partial charge >= 0.3 is 0 Å². The normalized spacial score (nSPS) is 11.0. The van der Waals surface area contributed by atoms with Gasteiger partial charge in [0.15, 0.2) is 5.16 Å². The van der Waals surface area contributed by atoms with Crippen molar-refractivity contribution >= 4 is 23.4 Å². The van der Waals surface area contributed by atoms with E-state index in [2.05, 4.69) is 41.3 Å². The number of allylic oxidation sites excluding steroid dienone is 1. The van der Waals surface area contributed by atoms with E-state index in [0.717, 1.165) is 28.3 Å². The van der Waals surface area contributed by atoms with Crippen molar-refractivity contribution < 1.29 is 0 Å². The van der Waals surface area contributed by atoms with Gasteiger partial charge in [-0.2, -0.15) is 0 Å². The predicted octanol–water partition coefficient (Wildman–Crippen LogP) is 4.53. The van der Waals surface area contributed by atoms with Crippen LogP contribution in [-0.2, 0) is 12.3 Å². The summed E-state index contributed by atoms with van der Waals surface area (Å²) in [5.41, 5.74) is 1.18. The third-order valence-corrected chi connectivity index (χ3v) is 4.10. The maximum atomic E-state index is 6.00. The molecule has 0 aliphatic carbocycles. The van der Waals surface area contributed by atoms with Gasteiger partial charge in [-0.25, -0.2) is 0 Å². The summed E-state index contributed by atoms with van der Waals surface area (Å²) in [4.78, 5) is 0. The Morgan fingerprint density at radius 3 is 2.85 bits per heavy atom. The van der Waals surface area contributed by atoms with E-state index in [0.29, 0.717) is 5.92 Å². The van der Waals surface area contributed by atoms with E-state index in [9.17, 15) is 0 Å². The van der Waals surface area contributed by atoms with Gasteiger partial charge in [-0.15, -0.1) is 16.8 Å². The van der Waals surface area contributed by atoms with E-state index in [1.807, 2.05) is 24.3 Å². The standard InChI is InChI=1S/C15H18ClN3S/c1-4-8-19-14(11(2)3)17-18-15(19)20-10-12-6-5-7-13(16)9-12/h4-7,9,11H,1,8,10H2,2-3H3. The quantitative estimate of drug-likeness (QED) is 0.580. The Kier molecular flexibility index (Phi) is 5.26. The largest absolute Gasteiger partial charge is 0.302 e. The molecule has 1 heterocycles. The number of nitrogens with zero attached hydrogens (tertiary/aromatic N) is 3. The number of aromatic nitrogens is 3. The number of halogens is 1. The lowest BCUT2D eigenvalue weighted by molar-refractivity contribution is 0.641. The maximum absolute atomic E-state index is 6.00. The molecule has 0 saturated heterocycles. The van der Waals surface area contributed by atoms with Crippen LogP contribution >= 0.6 is 23.4 Å². The number of hydrogen-bond donors (Lipinski definition) is 0. The monoisotopic (exact) mass is 307 g/mol. The van der Waals surface area contributed by atoms with E-state index < -0.39 is 0 Å². The Balaban J connectivity index is 2.15. The number of rotatable bonds is 6. The summed E-state index contributed by atoms with van der Waals surface area (Å²) >= 11 is 7.67. The first-order valence-corrected chi connectivity index (χ1v) is 7.89. The summed E-state index contributed by atoms with van der Waals surface area (Å²) in [5, 5.41) is 10.3. The van der Waals surface area contributed by atoms with Crippen molar-refractivity contribution in [2.45, 2.75) is 37.2 Å². The second-order valence-corrected chi connectivity index (χ2v) is 6.19. The topological polar surface area (TPSA) is 30.7 Å². The van der Waals surface area contributed by atoms with Crippen molar-refractivity contribution in [1.82, 2.24) is 14.8 Å². The summed E-state index contributed by atoms with van der Waals surface area (Å²) in [7, 11) is 0. The van der Waals surface area contributed by atoms with Crippen LogP contribution < -0.4 is 0 Å². The molecule has 0 N–H and O–H groups in total. The minimum atomic E-state index is 0.350. The van der Waals surface area contributed by atoms with Crippen LogP contribution in [0.3, 0.4) is 0 Å². The first-order valence-electron chi connectivity index (χ1n) is 6.53. The molecule has 0 amide bonds. The zero-order valence-electron chi connectivity index (χ0n) is 11.7. The lowest BCUT2D eigenvalue weighted by Crippen LogP contribution is -2.05. The minimum Gasteiger partial charge on any atom is -0.302 e. The Morgan fingerprint density at radius 1 is 1.40 bits per heavy atom. The number of hydrogen-bond acceptors (Lipinski definition) is 3. The molecule has 0 bridgehead atoms. The summed E-state index contributed by atoms with van der Waals surface area (Å²) in [5.74, 6) is 2.18. The lowest BCUT2D eigenvalue weighted by Gasteiger charge is -2.09. The molecule has 20 heavy (non-hydrogen) atoms. The van der Waals surface area contributed by atoms with Crippen LogP contribution in [-0.4, -0.2) is 14.8 Å². The van der Waals surface area contributed by atoms with Crippen LogP contribution in [0, 0.1) is 0 Å². The van der Waals surface area contributed by atoms with E-state index in [1.54, 1.807) is 11.8 Å². The summed E-state index contributed by atoms with van der Waals surface area (Å²) in [6.45, 7) is 8.78. The molecule has 0 aliphatic rings. The van der Waals surface area contributed by atoms with Crippen molar-refractivity contribution in [3.05, 3.63) is 53.3 Å². The average molecular weight is 308 g/mol. The molecule has 0 unspecified atom stereocenters. The highest BCUT2D eigenvalue weighted by atomic mass is 35.5. The van der Waals surface area contributed by atoms with Gasteiger partial charge in [0.05, 0.1) is 0 Å². The van der Waals surface area contributed by atoms with Gasteiger partial charge < -0.3 is 4.57 Å². The number of benzene rings is 1. The van der Waals surface area contributed by atoms with E-state index in [1.165, 1.54) is 5.56 Å². The van der Waals surface area contributed by atoms with Crippen molar-refractivity contribution in [1.29, 1.82) is 0 Å². The molecule has 2 aromatic rings. The van der Waals surface area contributed by atoms with E-state index in [-0.39, 0.29) is 0 Å². The number of thioether (sulfide) groups is 1. The van der Waals surface area contributed by atoms with Crippen LogP contribution in [0.5, 0.6) is 0 Å². The van der Waals surface area contributed by atoms with Gasteiger partial charge in [0.1, 0.15) is 5.82 Å². The molecule has 0 fully saturated rings. The van der Waals surface area contributed by atoms with Gasteiger partial charge in [0, 0.05) is 23.2 Å². The fraction of sp³-hybridized carbons (Fsp3) is 0.333. The summed E-state index contributed by atoms with van der Waals surface area (Å²) in [6, 6.07) is 7.89. The van der Waals surface area contributed by atoms with E-state index in [4.69, 9.17) is 11.6 Å². The molecule has 0 saturated carbocycles. The highest BCUT2D eigenvalue weighted by molar-refractivity contribution is 7.98. The smallest absolute Gasteiger partial charge is 0.191 e. The Morgan fingerprint density at radius 2 is 2.20 bits per heavy atom. The molecule has 106 valence electrons. The molecule has 0 radical (unpaired) electrons. The van der Waals surface area contributed by atoms with Gasteiger partial charge in [-0.05, 0) is 17.7 Å². The third-order valence-electron chi connectivity index (χ3n) is 2.83. The van der Waals surface area contributed by atoms with Crippen molar-refractivity contribution in [3.63, 3.8) is 0 Å². The highest BCUT2D eigenvalue weighted by Gasteiger charge is 2.14. The minimum absolute atomic E-state index is 0.350. The first kappa shape index (κ1) is 15.1. The highest BCUT2D eigenvalue weighted by Crippen LogP contribution is 2.25. The molecule has 0 atom stereocenters. The van der Waals surface area contributed by atoms with Gasteiger partial charge in [0.25, 0.3) is 0 Å². The lowest BCUT2D eigenvalue weighted by atomic mass is 10.2. The zero-order chi connectivity index (χ0) is 14.5. The molecular weight excluding hydrogens is 290 g/mol. The second-order valence-electron chi connectivity index (χ2n) is 4.81. The van der Waals surface area contributed by atoms with Crippen LogP contribution in [0.2, 0.25) is 5.02 Å². The maximum Gasteiger partial charge on any atom is 0.191 e. The Bertz CT molecular complexity index is 593. The molecule has 1 aromatic carbocycles. The Labute approximate surface area is 129 Å². The first-order chi connectivity index (χ1) is 9.61. The van der Waals surface area contributed by atoms with Crippen molar-refractivity contribution in [3.8, 4) is 0 Å². The molecule has 0 spiro atoms. The fourth-order valence-electron chi connectivity index (χ4n) is 1.91. The van der Waals surface area contributed by atoms with Crippen molar-refractivity contribution in [2.24, 2.45) is 0 Å². The van der Waals surface area contributed by atoms with Gasteiger partial charge in [-0.3, -0.25) is 0 Å². The van der Waals surface area contributed by atoms with Gasteiger partial charge in [-0.1, -0.05) is 55.4 Å². The molecular formula is C15H18ClN3S. The van der Waals surface area contributed by atoms with Crippen LogP contribution in [0.25, 0.3) is 0 Å². The fourth-order valence-corrected chi connectivity index (χ4v) is 3.02. The molecule has 5 heteroatoms. The second kappa shape index (κ2) is 6.95. The summed E-state index contributed by atoms with van der Waals surface area (Å²) < 4.78 is 2.12. The predicted molar refractivity (Wildman–Crippen MR) is 85.3 cm³/mol. The van der Waals surface area contributed by atoms with Gasteiger partial charge in [0.2, 0.25) is 0 Å². The van der Waals surface area contributed by atoms with E-state index >= 15 is 0 Å². The molecule has 0 aliphatic heterocycles.